The second-order valence-corrected chi connectivity index (χ2v) is 8.80. The van der Waals surface area contributed by atoms with Gasteiger partial charge in [0.25, 0.3) is 5.91 Å². The first-order valence-electron chi connectivity index (χ1n) is 11.2. The van der Waals surface area contributed by atoms with Gasteiger partial charge in [0.05, 0.1) is 17.5 Å². The molecule has 168 valence electrons. The van der Waals surface area contributed by atoms with Crippen LogP contribution in [0.4, 0.5) is 5.82 Å². The molecule has 3 heterocycles. The van der Waals surface area contributed by atoms with Gasteiger partial charge in [-0.15, -0.1) is 0 Å². The summed E-state index contributed by atoms with van der Waals surface area (Å²) < 4.78 is 0. The quantitative estimate of drug-likeness (QED) is 0.619. The predicted molar refractivity (Wildman–Crippen MR) is 127 cm³/mol. The van der Waals surface area contributed by atoms with Crippen LogP contribution in [-0.4, -0.2) is 65.1 Å². The van der Waals surface area contributed by atoms with Crippen molar-refractivity contribution in [3.05, 3.63) is 77.2 Å². The minimum Gasteiger partial charge on any atom is -0.362 e. The monoisotopic (exact) mass is 432 g/mol. The lowest BCUT2D eigenvalue weighted by Crippen LogP contribution is -2.35. The van der Waals surface area contributed by atoms with E-state index >= 15 is 0 Å². The third kappa shape index (κ3) is 4.99. The number of nitrogens with one attached hydrogen (secondary N) is 1. The van der Waals surface area contributed by atoms with Gasteiger partial charge in [-0.1, -0.05) is 36.4 Å². The average Bonchev–Trinajstić information content (AvgIpc) is 3.29. The van der Waals surface area contributed by atoms with Crippen molar-refractivity contribution >= 4 is 11.7 Å². The highest BCUT2D eigenvalue weighted by Crippen LogP contribution is 2.30. The van der Waals surface area contributed by atoms with E-state index in [-0.39, 0.29) is 11.8 Å². The zero-order valence-electron chi connectivity index (χ0n) is 19.2. The standard InChI is InChI=1S/C25H32N6O/c1-29(2)24-21(11-7-13-26-24)18-31-14-8-12-20(17-31)23-22(15-27-28-23)25(32)30(3)16-19-9-5-4-6-10-19/h4-7,9-11,13,15,20H,8,12,14,16-18H2,1-3H3,(H,27,28). The molecule has 1 unspecified atom stereocenters. The average molecular weight is 433 g/mol. The molecule has 1 aromatic carbocycles. The molecule has 0 bridgehead atoms. The summed E-state index contributed by atoms with van der Waals surface area (Å²) in [4.78, 5) is 24.0. The molecule has 1 N–H and O–H groups in total. The highest BCUT2D eigenvalue weighted by Gasteiger charge is 2.28. The van der Waals surface area contributed by atoms with Crippen LogP contribution in [0.1, 0.15) is 45.9 Å². The van der Waals surface area contributed by atoms with Crippen LogP contribution >= 0.6 is 0 Å². The van der Waals surface area contributed by atoms with Crippen LogP contribution in [0.3, 0.4) is 0 Å². The zero-order chi connectivity index (χ0) is 22.5. The van der Waals surface area contributed by atoms with E-state index in [4.69, 9.17) is 0 Å². The summed E-state index contributed by atoms with van der Waals surface area (Å²) in [5.41, 5.74) is 3.98. The van der Waals surface area contributed by atoms with Crippen molar-refractivity contribution in [2.24, 2.45) is 0 Å². The lowest BCUT2D eigenvalue weighted by Gasteiger charge is -2.33. The maximum absolute atomic E-state index is 13.2. The molecule has 1 fully saturated rings. The molecule has 3 aromatic rings. The van der Waals surface area contributed by atoms with Gasteiger partial charge in [0.15, 0.2) is 0 Å². The van der Waals surface area contributed by atoms with Crippen molar-refractivity contribution in [2.45, 2.75) is 31.8 Å². The largest absolute Gasteiger partial charge is 0.362 e. The fourth-order valence-electron chi connectivity index (χ4n) is 4.54. The van der Waals surface area contributed by atoms with Gasteiger partial charge in [-0.05, 0) is 31.0 Å². The molecular formula is C25H32N6O. The van der Waals surface area contributed by atoms with Crippen LogP contribution in [-0.2, 0) is 13.1 Å². The summed E-state index contributed by atoms with van der Waals surface area (Å²) in [5.74, 6) is 1.28. The van der Waals surface area contributed by atoms with E-state index in [1.54, 1.807) is 11.1 Å². The van der Waals surface area contributed by atoms with Gasteiger partial charge in [-0.3, -0.25) is 14.8 Å². The number of amides is 1. The number of H-pyrrole nitrogens is 1. The summed E-state index contributed by atoms with van der Waals surface area (Å²) in [7, 11) is 5.91. The number of carbonyl (C=O) groups is 1. The molecule has 1 amide bonds. The van der Waals surface area contributed by atoms with E-state index in [1.807, 2.05) is 63.7 Å². The Labute approximate surface area is 190 Å². The van der Waals surface area contributed by atoms with Gasteiger partial charge in [0, 0.05) is 58.5 Å². The lowest BCUT2D eigenvalue weighted by atomic mass is 9.92. The van der Waals surface area contributed by atoms with Gasteiger partial charge in [-0.25, -0.2) is 4.98 Å². The molecule has 0 aliphatic carbocycles. The van der Waals surface area contributed by atoms with Crippen molar-refractivity contribution < 1.29 is 4.79 Å². The number of likely N-dealkylation sites (tertiary alicyclic amines) is 1. The molecule has 7 nitrogen and oxygen atoms in total. The molecule has 7 heteroatoms. The van der Waals surface area contributed by atoms with E-state index in [1.165, 1.54) is 5.56 Å². The lowest BCUT2D eigenvalue weighted by molar-refractivity contribution is 0.0782. The first kappa shape index (κ1) is 22.0. The maximum Gasteiger partial charge on any atom is 0.257 e. The van der Waals surface area contributed by atoms with Crippen LogP contribution in [0.5, 0.6) is 0 Å². The fourth-order valence-corrected chi connectivity index (χ4v) is 4.54. The molecule has 4 rings (SSSR count). The number of nitrogens with zero attached hydrogens (tertiary/aromatic N) is 5. The van der Waals surface area contributed by atoms with Gasteiger partial charge < -0.3 is 9.80 Å². The van der Waals surface area contributed by atoms with Gasteiger partial charge >= 0.3 is 0 Å². The number of rotatable bonds is 7. The molecule has 32 heavy (non-hydrogen) atoms. The van der Waals surface area contributed by atoms with Gasteiger partial charge in [0.1, 0.15) is 5.82 Å². The number of benzene rings is 1. The highest BCUT2D eigenvalue weighted by molar-refractivity contribution is 5.95. The Hall–Kier alpha value is -3.19. The third-order valence-corrected chi connectivity index (χ3v) is 6.11. The molecule has 2 aromatic heterocycles. The molecule has 0 spiro atoms. The molecule has 1 aliphatic heterocycles. The Morgan fingerprint density at radius 1 is 1.16 bits per heavy atom. The van der Waals surface area contributed by atoms with E-state index in [0.717, 1.165) is 49.6 Å². The van der Waals surface area contributed by atoms with Crippen molar-refractivity contribution in [2.75, 3.05) is 39.1 Å². The van der Waals surface area contributed by atoms with E-state index < -0.39 is 0 Å². The minimum absolute atomic E-state index is 0.0110. The summed E-state index contributed by atoms with van der Waals surface area (Å²) in [6.07, 6.45) is 5.67. The normalized spacial score (nSPS) is 16.7. The van der Waals surface area contributed by atoms with E-state index in [9.17, 15) is 4.79 Å². The van der Waals surface area contributed by atoms with E-state index in [2.05, 4.69) is 31.0 Å². The SMILES string of the molecule is CN(Cc1ccccc1)C(=O)c1cn[nH]c1C1CCCN(Cc2cccnc2N(C)C)C1. The Morgan fingerprint density at radius 3 is 2.75 bits per heavy atom. The summed E-state index contributed by atoms with van der Waals surface area (Å²) >= 11 is 0. The van der Waals surface area contributed by atoms with Crippen molar-refractivity contribution in [1.29, 1.82) is 0 Å². The Morgan fingerprint density at radius 2 is 1.97 bits per heavy atom. The Balaban J connectivity index is 1.46. The van der Waals surface area contributed by atoms with Crippen LogP contribution in [0.25, 0.3) is 0 Å². The minimum atomic E-state index is 0.0110. The summed E-state index contributed by atoms with van der Waals surface area (Å²) in [6.45, 7) is 3.37. The summed E-state index contributed by atoms with van der Waals surface area (Å²) in [6, 6.07) is 14.2. The number of hydrogen-bond acceptors (Lipinski definition) is 5. The smallest absolute Gasteiger partial charge is 0.257 e. The van der Waals surface area contributed by atoms with Crippen molar-refractivity contribution in [1.82, 2.24) is 25.0 Å². The number of aromatic amines is 1. The molecule has 1 atom stereocenters. The Bertz CT molecular complexity index is 1030. The van der Waals surface area contributed by atoms with Crippen LogP contribution in [0, 0.1) is 0 Å². The molecule has 0 saturated carbocycles. The third-order valence-electron chi connectivity index (χ3n) is 6.11. The second kappa shape index (κ2) is 9.96. The van der Waals surface area contributed by atoms with Gasteiger partial charge in [-0.2, -0.15) is 5.10 Å². The Kier molecular flexibility index (Phi) is 6.85. The fraction of sp³-hybridized carbons (Fsp3) is 0.400. The first-order chi connectivity index (χ1) is 15.5. The number of piperidine rings is 1. The number of hydrogen-bond donors (Lipinski definition) is 1. The second-order valence-electron chi connectivity index (χ2n) is 8.80. The zero-order valence-corrected chi connectivity index (χ0v) is 19.2. The maximum atomic E-state index is 13.2. The number of carbonyl (C=O) groups excluding carboxylic acids is 1. The van der Waals surface area contributed by atoms with Crippen LogP contribution in [0.15, 0.2) is 54.9 Å². The van der Waals surface area contributed by atoms with E-state index in [0.29, 0.717) is 12.1 Å². The predicted octanol–water partition coefficient (Wildman–Crippen LogP) is 3.52. The topological polar surface area (TPSA) is 68.4 Å². The number of aromatic nitrogens is 3. The van der Waals surface area contributed by atoms with Crippen LogP contribution < -0.4 is 4.90 Å². The molecule has 0 radical (unpaired) electrons. The number of anilines is 1. The molecular weight excluding hydrogens is 400 g/mol. The van der Waals surface area contributed by atoms with Crippen LogP contribution in [0.2, 0.25) is 0 Å². The number of pyridine rings is 1. The summed E-state index contributed by atoms with van der Waals surface area (Å²) in [5, 5.41) is 7.39. The molecule has 1 aliphatic rings. The highest BCUT2D eigenvalue weighted by atomic mass is 16.2. The first-order valence-corrected chi connectivity index (χ1v) is 11.2. The van der Waals surface area contributed by atoms with Crippen molar-refractivity contribution in [3.63, 3.8) is 0 Å². The van der Waals surface area contributed by atoms with Gasteiger partial charge in [0.2, 0.25) is 0 Å². The molecule has 1 saturated heterocycles. The van der Waals surface area contributed by atoms with Crippen molar-refractivity contribution in [3.8, 4) is 0 Å².